The van der Waals surface area contributed by atoms with Crippen molar-refractivity contribution in [3.05, 3.63) is 0 Å². The number of nitrogens with one attached hydrogen (secondary N) is 1. The van der Waals surface area contributed by atoms with Crippen molar-refractivity contribution in [3.63, 3.8) is 0 Å². The zero-order valence-electron chi connectivity index (χ0n) is 4.09. The lowest BCUT2D eigenvalue weighted by Gasteiger charge is -1.92. The molecule has 0 unspecified atom stereocenters. The number of guanidine groups is 1. The van der Waals surface area contributed by atoms with Gasteiger partial charge in [0.15, 0.2) is 5.11 Å². The monoisotopic (exact) mass is 133 g/mol. The summed E-state index contributed by atoms with van der Waals surface area (Å²) in [5.74, 6) is -0.0993. The van der Waals surface area contributed by atoms with Crippen LogP contribution in [0.4, 0.5) is 0 Å². The van der Waals surface area contributed by atoms with Crippen molar-refractivity contribution in [2.24, 2.45) is 22.3 Å². The third kappa shape index (κ3) is 4.96. The van der Waals surface area contributed by atoms with Crippen molar-refractivity contribution >= 4 is 23.3 Å². The van der Waals surface area contributed by atoms with Crippen molar-refractivity contribution in [1.29, 1.82) is 0 Å². The molecule has 7 N–H and O–H groups in total. The fraction of sp³-hybridized carbons (Fsp3) is 0. The third-order valence-electron chi connectivity index (χ3n) is 0.295. The fourth-order valence-corrected chi connectivity index (χ4v) is 0.165. The first-order valence-electron chi connectivity index (χ1n) is 1.77. The minimum Gasteiger partial charge on any atom is -0.375 e. The van der Waals surface area contributed by atoms with Gasteiger partial charge in [0.25, 0.3) is 0 Å². The predicted octanol–water partition coefficient (Wildman–Crippen LogP) is -1.99. The number of thiocarbonyl (C=S) groups is 1. The average molecular weight is 133 g/mol. The number of hydrogen-bond acceptors (Lipinski definition) is 2. The van der Waals surface area contributed by atoms with Gasteiger partial charge in [-0.25, -0.2) is 0 Å². The molecule has 6 heteroatoms. The van der Waals surface area contributed by atoms with Gasteiger partial charge in [-0.1, -0.05) is 0 Å². The topological polar surface area (TPSA) is 102 Å². The lowest BCUT2D eigenvalue weighted by molar-refractivity contribution is 1.02. The maximum Gasteiger partial charge on any atom is 0.208 e. The van der Waals surface area contributed by atoms with E-state index in [2.05, 4.69) is 22.7 Å². The minimum atomic E-state index is -0.0993. The molecule has 0 aromatic heterocycles. The van der Waals surface area contributed by atoms with Crippen molar-refractivity contribution < 1.29 is 0 Å². The molecule has 0 aliphatic carbocycles. The first-order chi connectivity index (χ1) is 3.63. The molecule has 0 amide bonds. The van der Waals surface area contributed by atoms with Crippen LogP contribution in [0.2, 0.25) is 0 Å². The maximum atomic E-state index is 4.94. The summed E-state index contributed by atoms with van der Waals surface area (Å²) in [6.45, 7) is 0. The van der Waals surface area contributed by atoms with E-state index in [0.717, 1.165) is 0 Å². The molecule has 0 saturated carbocycles. The zero-order chi connectivity index (χ0) is 6.57. The molecule has 0 atom stereocenters. The van der Waals surface area contributed by atoms with Crippen molar-refractivity contribution in [2.45, 2.75) is 0 Å². The van der Waals surface area contributed by atoms with Crippen LogP contribution >= 0.6 is 12.2 Å². The van der Waals surface area contributed by atoms with E-state index in [0.29, 0.717) is 0 Å². The largest absolute Gasteiger partial charge is 0.375 e. The summed E-state index contributed by atoms with van der Waals surface area (Å²) < 4.78 is 0. The van der Waals surface area contributed by atoms with Gasteiger partial charge in [0, 0.05) is 0 Å². The molecule has 8 heavy (non-hydrogen) atoms. The summed E-state index contributed by atoms with van der Waals surface area (Å²) >= 11 is 4.36. The van der Waals surface area contributed by atoms with E-state index in [9.17, 15) is 0 Å². The highest BCUT2D eigenvalue weighted by Crippen LogP contribution is 1.55. The van der Waals surface area contributed by atoms with Gasteiger partial charge >= 0.3 is 0 Å². The van der Waals surface area contributed by atoms with Crippen molar-refractivity contribution in [1.82, 2.24) is 5.43 Å². The smallest absolute Gasteiger partial charge is 0.208 e. The van der Waals surface area contributed by atoms with Crippen LogP contribution in [0.15, 0.2) is 5.10 Å². The molecule has 0 radical (unpaired) electrons. The van der Waals surface area contributed by atoms with Crippen LogP contribution in [0, 0.1) is 0 Å². The summed E-state index contributed by atoms with van der Waals surface area (Å²) in [5, 5.41) is 3.32. The van der Waals surface area contributed by atoms with Crippen LogP contribution in [-0.2, 0) is 0 Å². The van der Waals surface area contributed by atoms with E-state index < -0.39 is 0 Å². The molecule has 0 spiro atoms. The number of nitrogens with two attached hydrogens (primary N) is 3. The molecule has 5 nitrogen and oxygen atoms in total. The van der Waals surface area contributed by atoms with E-state index in [-0.39, 0.29) is 11.1 Å². The summed E-state index contributed by atoms with van der Waals surface area (Å²) in [4.78, 5) is 0. The molecule has 0 fully saturated rings. The Kier molecular flexibility index (Phi) is 2.63. The Balaban J connectivity index is 3.45. The summed E-state index contributed by atoms with van der Waals surface area (Å²) in [7, 11) is 0. The molecule has 0 bridgehead atoms. The average Bonchev–Trinajstić information content (AvgIpc) is 1.61. The van der Waals surface area contributed by atoms with E-state index in [4.69, 9.17) is 17.2 Å². The fourth-order valence-electron chi connectivity index (χ4n) is 0.120. The molecule has 46 valence electrons. The van der Waals surface area contributed by atoms with Crippen LogP contribution in [-0.4, -0.2) is 11.1 Å². The van der Waals surface area contributed by atoms with Gasteiger partial charge in [0.1, 0.15) is 0 Å². The van der Waals surface area contributed by atoms with Crippen LogP contribution in [0.1, 0.15) is 0 Å². The Hall–Kier alpha value is -1.04. The molecule has 0 aromatic carbocycles. The second-order valence-corrected chi connectivity index (χ2v) is 1.45. The molecule has 0 saturated heterocycles. The third-order valence-corrected chi connectivity index (χ3v) is 0.386. The maximum absolute atomic E-state index is 4.94. The molecular formula is C2H7N5S. The highest BCUT2D eigenvalue weighted by atomic mass is 32.1. The van der Waals surface area contributed by atoms with Gasteiger partial charge in [-0.15, -0.1) is 5.10 Å². The van der Waals surface area contributed by atoms with E-state index in [1.165, 1.54) is 0 Å². The second-order valence-electron chi connectivity index (χ2n) is 1.01. The van der Waals surface area contributed by atoms with Gasteiger partial charge in [-0.05, 0) is 12.2 Å². The van der Waals surface area contributed by atoms with Crippen LogP contribution in [0.25, 0.3) is 0 Å². The molecule has 0 aliphatic heterocycles. The number of rotatable bonds is 1. The lowest BCUT2D eigenvalue weighted by atomic mass is 11.1. The van der Waals surface area contributed by atoms with Crippen molar-refractivity contribution in [2.75, 3.05) is 0 Å². The molecular weight excluding hydrogens is 126 g/mol. The van der Waals surface area contributed by atoms with Crippen LogP contribution in [0.5, 0.6) is 0 Å². The van der Waals surface area contributed by atoms with Crippen LogP contribution in [0.3, 0.4) is 0 Å². The Morgan fingerprint density at radius 3 is 2.00 bits per heavy atom. The quantitative estimate of drug-likeness (QED) is 0.143. The SMILES string of the molecule is NC(=S)NN=C(N)N. The minimum absolute atomic E-state index is 0.0402. The van der Waals surface area contributed by atoms with E-state index >= 15 is 0 Å². The van der Waals surface area contributed by atoms with Gasteiger partial charge in [0.2, 0.25) is 5.96 Å². The van der Waals surface area contributed by atoms with Gasteiger partial charge < -0.3 is 17.2 Å². The molecule has 0 aliphatic rings. The van der Waals surface area contributed by atoms with Crippen molar-refractivity contribution in [3.8, 4) is 0 Å². The number of hydrazone groups is 1. The Morgan fingerprint density at radius 1 is 1.38 bits per heavy atom. The first-order valence-corrected chi connectivity index (χ1v) is 2.18. The highest BCUT2D eigenvalue weighted by molar-refractivity contribution is 7.80. The van der Waals surface area contributed by atoms with Gasteiger partial charge in [-0.2, -0.15) is 0 Å². The first kappa shape index (κ1) is 6.96. The standard InChI is InChI=1S/C2H7N5S/c3-1(4)6-7-2(5)8/h(H4,3,4,6)(H3,5,7,8). The summed E-state index contributed by atoms with van der Waals surface area (Å²) in [5.41, 5.74) is 16.9. The molecule has 0 rings (SSSR count). The van der Waals surface area contributed by atoms with Crippen LogP contribution < -0.4 is 22.6 Å². The second kappa shape index (κ2) is 3.03. The predicted molar refractivity (Wildman–Crippen MR) is 35.7 cm³/mol. The van der Waals surface area contributed by atoms with E-state index in [1.807, 2.05) is 0 Å². The molecule has 0 heterocycles. The zero-order valence-corrected chi connectivity index (χ0v) is 4.90. The Labute approximate surface area is 51.9 Å². The van der Waals surface area contributed by atoms with E-state index in [1.54, 1.807) is 0 Å². The van der Waals surface area contributed by atoms with Gasteiger partial charge in [0.05, 0.1) is 0 Å². The number of nitrogens with zero attached hydrogens (tertiary/aromatic N) is 1. The summed E-state index contributed by atoms with van der Waals surface area (Å²) in [6.07, 6.45) is 0. The number of hydrogen-bond donors (Lipinski definition) is 4. The lowest BCUT2D eigenvalue weighted by Crippen LogP contribution is -2.31. The Morgan fingerprint density at radius 2 is 1.88 bits per heavy atom. The Bertz CT molecular complexity index is 114. The summed E-state index contributed by atoms with van der Waals surface area (Å²) in [6, 6.07) is 0. The normalized spacial score (nSPS) is 7.50. The van der Waals surface area contributed by atoms with Gasteiger partial charge in [-0.3, -0.25) is 5.43 Å². The highest BCUT2D eigenvalue weighted by Gasteiger charge is 1.79. The molecule has 0 aromatic rings.